The molecule has 1 aliphatic rings. The zero-order chi connectivity index (χ0) is 19.5. The van der Waals surface area contributed by atoms with Gasteiger partial charge < -0.3 is 19.7 Å². The maximum Gasteiger partial charge on any atom is 0.321 e. The molecule has 1 aromatic carbocycles. The summed E-state index contributed by atoms with van der Waals surface area (Å²) in [6.45, 7) is 4.58. The fourth-order valence-electron chi connectivity index (χ4n) is 3.12. The van der Waals surface area contributed by atoms with Gasteiger partial charge in [0.25, 0.3) is 0 Å². The number of anilines is 2. The van der Waals surface area contributed by atoms with Crippen LogP contribution in [-0.2, 0) is 0 Å². The molecule has 0 bridgehead atoms. The zero-order valence-electron chi connectivity index (χ0n) is 15.5. The Morgan fingerprint density at radius 2 is 1.68 bits per heavy atom. The highest BCUT2D eigenvalue weighted by Gasteiger charge is 2.22. The monoisotopic (exact) mass is 396 g/mol. The number of rotatable bonds is 3. The van der Waals surface area contributed by atoms with Gasteiger partial charge in [0, 0.05) is 49.3 Å². The molecule has 3 aromatic rings. The van der Waals surface area contributed by atoms with Crippen LogP contribution in [0.3, 0.4) is 0 Å². The molecule has 0 unspecified atom stereocenters. The minimum absolute atomic E-state index is 0.117. The summed E-state index contributed by atoms with van der Waals surface area (Å²) in [6, 6.07) is 13.2. The fourth-order valence-corrected chi connectivity index (χ4v) is 3.30. The van der Waals surface area contributed by atoms with Gasteiger partial charge in [-0.05, 0) is 48.9 Å². The first kappa shape index (κ1) is 18.3. The molecule has 0 atom stereocenters. The Bertz CT molecular complexity index is 949. The van der Waals surface area contributed by atoms with Crippen molar-refractivity contribution in [1.82, 2.24) is 19.7 Å². The van der Waals surface area contributed by atoms with Crippen molar-refractivity contribution < 1.29 is 4.79 Å². The number of carbonyl (C=O) groups excluding carboxylic acids is 1. The predicted octanol–water partition coefficient (Wildman–Crippen LogP) is 3.58. The molecular formula is C20H21ClN6O. The summed E-state index contributed by atoms with van der Waals surface area (Å²) in [5, 5.41) is 12.2. The van der Waals surface area contributed by atoms with E-state index in [2.05, 4.69) is 20.4 Å². The van der Waals surface area contributed by atoms with Gasteiger partial charge in [-0.15, -0.1) is 10.2 Å². The first-order valence-corrected chi connectivity index (χ1v) is 9.52. The summed E-state index contributed by atoms with van der Waals surface area (Å²) in [4.78, 5) is 16.4. The molecule has 3 heterocycles. The van der Waals surface area contributed by atoms with Gasteiger partial charge in [0.1, 0.15) is 0 Å². The van der Waals surface area contributed by atoms with Crippen LogP contribution in [0.1, 0.15) is 5.56 Å². The number of aromatic nitrogens is 3. The van der Waals surface area contributed by atoms with Gasteiger partial charge in [-0.1, -0.05) is 17.7 Å². The van der Waals surface area contributed by atoms with E-state index >= 15 is 0 Å². The van der Waals surface area contributed by atoms with Crippen molar-refractivity contribution in [2.75, 3.05) is 36.4 Å². The molecule has 8 heteroatoms. The number of aryl methyl sites for hydroxylation is 1. The Morgan fingerprint density at radius 1 is 1.00 bits per heavy atom. The Hall–Kier alpha value is -3.06. The van der Waals surface area contributed by atoms with Gasteiger partial charge in [-0.2, -0.15) is 0 Å². The minimum Gasteiger partial charge on any atom is -0.352 e. The Balaban J connectivity index is 1.33. The zero-order valence-corrected chi connectivity index (χ0v) is 16.3. The second-order valence-electron chi connectivity index (χ2n) is 6.71. The molecule has 1 saturated heterocycles. The molecule has 4 rings (SSSR count). The van der Waals surface area contributed by atoms with Gasteiger partial charge >= 0.3 is 6.03 Å². The number of amides is 2. The lowest BCUT2D eigenvalue weighted by Gasteiger charge is -2.35. The third-order valence-electron chi connectivity index (χ3n) is 4.82. The molecule has 1 N–H and O–H groups in total. The lowest BCUT2D eigenvalue weighted by Crippen LogP contribution is -2.50. The molecule has 2 amide bonds. The van der Waals surface area contributed by atoms with E-state index in [0.717, 1.165) is 17.2 Å². The van der Waals surface area contributed by atoms with E-state index in [4.69, 9.17) is 11.6 Å². The predicted molar refractivity (Wildman–Crippen MR) is 110 cm³/mol. The maximum absolute atomic E-state index is 12.5. The topological polar surface area (TPSA) is 66.3 Å². The van der Waals surface area contributed by atoms with Gasteiger partial charge in [0.15, 0.2) is 11.6 Å². The highest BCUT2D eigenvalue weighted by molar-refractivity contribution is 6.31. The molecule has 0 aliphatic carbocycles. The maximum atomic E-state index is 12.5. The highest BCUT2D eigenvalue weighted by atomic mass is 35.5. The van der Waals surface area contributed by atoms with E-state index < -0.39 is 0 Å². The number of hydrogen-bond donors (Lipinski definition) is 1. The van der Waals surface area contributed by atoms with Crippen LogP contribution in [0.25, 0.3) is 5.82 Å². The Kier molecular flexibility index (Phi) is 5.16. The lowest BCUT2D eigenvalue weighted by atomic mass is 10.2. The number of piperazine rings is 1. The molecule has 28 heavy (non-hydrogen) atoms. The second-order valence-corrected chi connectivity index (χ2v) is 7.12. The van der Waals surface area contributed by atoms with Gasteiger partial charge in [0.05, 0.1) is 0 Å². The summed E-state index contributed by atoms with van der Waals surface area (Å²) in [7, 11) is 0. The largest absolute Gasteiger partial charge is 0.352 e. The minimum atomic E-state index is -0.117. The number of benzene rings is 1. The molecular weight excluding hydrogens is 376 g/mol. The summed E-state index contributed by atoms with van der Waals surface area (Å²) < 4.78 is 1.91. The van der Waals surface area contributed by atoms with Crippen molar-refractivity contribution in [2.24, 2.45) is 0 Å². The van der Waals surface area contributed by atoms with Crippen molar-refractivity contribution in [3.63, 3.8) is 0 Å². The van der Waals surface area contributed by atoms with Crippen LogP contribution in [0.4, 0.5) is 16.3 Å². The van der Waals surface area contributed by atoms with E-state index in [1.807, 2.05) is 60.3 Å². The first-order chi connectivity index (χ1) is 13.6. The molecule has 7 nitrogen and oxygen atoms in total. The van der Waals surface area contributed by atoms with E-state index in [0.29, 0.717) is 36.9 Å². The van der Waals surface area contributed by atoms with Crippen molar-refractivity contribution in [3.8, 4) is 5.82 Å². The normalized spacial score (nSPS) is 14.2. The van der Waals surface area contributed by atoms with Crippen LogP contribution in [0.2, 0.25) is 5.02 Å². The molecule has 1 fully saturated rings. The third kappa shape index (κ3) is 3.94. The van der Waals surface area contributed by atoms with Crippen molar-refractivity contribution in [1.29, 1.82) is 0 Å². The van der Waals surface area contributed by atoms with E-state index in [9.17, 15) is 4.79 Å². The Morgan fingerprint density at radius 3 is 2.32 bits per heavy atom. The van der Waals surface area contributed by atoms with E-state index in [-0.39, 0.29) is 6.03 Å². The number of nitrogens with one attached hydrogen (secondary N) is 1. The number of carbonyl (C=O) groups is 1. The quantitative estimate of drug-likeness (QED) is 0.734. The van der Waals surface area contributed by atoms with Crippen molar-refractivity contribution in [2.45, 2.75) is 6.92 Å². The van der Waals surface area contributed by atoms with Gasteiger partial charge in [0.2, 0.25) is 0 Å². The number of urea groups is 1. The molecule has 1 aliphatic heterocycles. The second kappa shape index (κ2) is 7.90. The molecule has 0 radical (unpaired) electrons. The van der Waals surface area contributed by atoms with Crippen LogP contribution in [0.5, 0.6) is 0 Å². The van der Waals surface area contributed by atoms with Crippen molar-refractivity contribution >= 4 is 29.1 Å². The van der Waals surface area contributed by atoms with Crippen molar-refractivity contribution in [3.05, 3.63) is 65.4 Å². The highest BCUT2D eigenvalue weighted by Crippen LogP contribution is 2.21. The van der Waals surface area contributed by atoms with Gasteiger partial charge in [-0.25, -0.2) is 4.79 Å². The number of hydrogen-bond acceptors (Lipinski definition) is 4. The number of halogens is 1. The number of nitrogens with zero attached hydrogens (tertiary/aromatic N) is 5. The average molecular weight is 397 g/mol. The lowest BCUT2D eigenvalue weighted by molar-refractivity contribution is 0.208. The van der Waals surface area contributed by atoms with E-state index in [1.165, 1.54) is 0 Å². The smallest absolute Gasteiger partial charge is 0.321 e. The molecule has 2 aromatic heterocycles. The van der Waals surface area contributed by atoms with Gasteiger partial charge in [-0.3, -0.25) is 0 Å². The molecule has 0 saturated carbocycles. The van der Waals surface area contributed by atoms with Crippen LogP contribution < -0.4 is 10.2 Å². The summed E-state index contributed by atoms with van der Waals surface area (Å²) in [5.74, 6) is 1.60. The van der Waals surface area contributed by atoms with E-state index in [1.54, 1.807) is 11.0 Å². The molecule has 0 spiro atoms. The first-order valence-electron chi connectivity index (χ1n) is 9.14. The third-order valence-corrected chi connectivity index (χ3v) is 5.23. The van der Waals surface area contributed by atoms with Crippen LogP contribution in [0, 0.1) is 6.92 Å². The summed E-state index contributed by atoms with van der Waals surface area (Å²) >= 11 is 6.13. The van der Waals surface area contributed by atoms with Crippen LogP contribution in [-0.4, -0.2) is 51.9 Å². The fraction of sp³-hybridized carbons (Fsp3) is 0.250. The standard InChI is InChI=1S/C20H21ClN6O/c1-15-4-5-16(14-17(15)21)22-20(28)27-12-10-26(11-13-27)19-7-6-18(23-24-19)25-8-2-3-9-25/h2-9,14H,10-13H2,1H3,(H,22,28). The Labute approximate surface area is 168 Å². The molecule has 144 valence electrons. The van der Waals surface area contributed by atoms with Crippen LogP contribution >= 0.6 is 11.6 Å². The average Bonchev–Trinajstić information content (AvgIpc) is 3.26. The summed E-state index contributed by atoms with van der Waals surface area (Å²) in [5.41, 5.74) is 1.69. The van der Waals surface area contributed by atoms with Crippen LogP contribution in [0.15, 0.2) is 54.9 Å². The summed E-state index contributed by atoms with van der Waals surface area (Å²) in [6.07, 6.45) is 3.87. The SMILES string of the molecule is Cc1ccc(NC(=O)N2CCN(c3ccc(-n4cccc4)nn3)CC2)cc1Cl.